The molecule has 0 radical (unpaired) electrons. The number of amides is 1. The fourth-order valence-corrected chi connectivity index (χ4v) is 2.63. The maximum absolute atomic E-state index is 12.0. The van der Waals surface area contributed by atoms with E-state index in [4.69, 9.17) is 4.74 Å². The molecule has 0 aromatic carbocycles. The predicted octanol–water partition coefficient (Wildman–Crippen LogP) is 0.598. The van der Waals surface area contributed by atoms with Crippen LogP contribution < -0.4 is 10.6 Å². The van der Waals surface area contributed by atoms with Crippen LogP contribution in [-0.4, -0.2) is 61.8 Å². The summed E-state index contributed by atoms with van der Waals surface area (Å²) in [6, 6.07) is 0.898. The molecule has 1 rings (SSSR count). The Morgan fingerprint density at radius 3 is 2.47 bits per heavy atom. The molecule has 2 N–H and O–H groups in total. The van der Waals surface area contributed by atoms with Crippen LogP contribution in [0.1, 0.15) is 34.1 Å². The summed E-state index contributed by atoms with van der Waals surface area (Å²) in [5.41, 5.74) is 0. The largest absolute Gasteiger partial charge is 0.380 e. The molecular formula is C14H29N3O2. The summed E-state index contributed by atoms with van der Waals surface area (Å²) in [6.07, 6.45) is 0.930. The lowest BCUT2D eigenvalue weighted by Gasteiger charge is -2.30. The highest BCUT2D eigenvalue weighted by Crippen LogP contribution is 2.09. The average Bonchev–Trinajstić information content (AvgIpc) is 2.82. The molecule has 0 saturated carbocycles. The molecule has 0 aliphatic carbocycles. The first-order chi connectivity index (χ1) is 8.95. The number of hydrogen-bond donors (Lipinski definition) is 2. The monoisotopic (exact) mass is 271 g/mol. The highest BCUT2D eigenvalue weighted by Gasteiger charge is 2.29. The molecule has 19 heavy (non-hydrogen) atoms. The second-order valence-electron chi connectivity index (χ2n) is 5.77. The molecule has 2 unspecified atom stereocenters. The third kappa shape index (κ3) is 5.09. The summed E-state index contributed by atoms with van der Waals surface area (Å²) in [7, 11) is 1.69. The lowest BCUT2D eigenvalue weighted by molar-refractivity contribution is -0.123. The number of rotatable bonds is 7. The first-order valence-corrected chi connectivity index (χ1v) is 7.25. The van der Waals surface area contributed by atoms with E-state index in [9.17, 15) is 4.79 Å². The predicted molar refractivity (Wildman–Crippen MR) is 77.2 cm³/mol. The van der Waals surface area contributed by atoms with Crippen molar-refractivity contribution in [3.05, 3.63) is 0 Å². The van der Waals surface area contributed by atoms with Gasteiger partial charge in [-0.05, 0) is 34.1 Å². The van der Waals surface area contributed by atoms with Gasteiger partial charge in [0.1, 0.15) is 0 Å². The van der Waals surface area contributed by atoms with Gasteiger partial charge in [-0.2, -0.15) is 0 Å². The minimum absolute atomic E-state index is 0.0898. The maximum Gasteiger partial charge on any atom is 0.237 e. The molecule has 1 saturated heterocycles. The highest BCUT2D eigenvalue weighted by molar-refractivity contribution is 5.82. The molecule has 0 aromatic rings. The molecule has 1 amide bonds. The quantitative estimate of drug-likeness (QED) is 0.712. The van der Waals surface area contributed by atoms with E-state index in [1.54, 1.807) is 7.11 Å². The van der Waals surface area contributed by atoms with Crippen LogP contribution in [-0.2, 0) is 9.53 Å². The van der Waals surface area contributed by atoms with E-state index in [-0.39, 0.29) is 18.1 Å². The smallest absolute Gasteiger partial charge is 0.237 e. The number of nitrogens with zero attached hydrogens (tertiary/aromatic N) is 1. The fraction of sp³-hybridized carbons (Fsp3) is 0.929. The van der Waals surface area contributed by atoms with Gasteiger partial charge in [0, 0.05) is 38.8 Å². The van der Waals surface area contributed by atoms with Gasteiger partial charge < -0.3 is 15.4 Å². The van der Waals surface area contributed by atoms with E-state index in [0.29, 0.717) is 18.6 Å². The second kappa shape index (κ2) is 7.82. The van der Waals surface area contributed by atoms with E-state index >= 15 is 0 Å². The zero-order chi connectivity index (χ0) is 14.4. The molecule has 112 valence electrons. The molecule has 0 aromatic heterocycles. The van der Waals surface area contributed by atoms with Crippen LogP contribution in [0.4, 0.5) is 0 Å². The van der Waals surface area contributed by atoms with Crippen molar-refractivity contribution in [1.82, 2.24) is 15.5 Å². The standard InChI is InChI=1S/C14H29N3O2/c1-10(2)17(11(3)4)7-6-15-14(18)13-8-12(19-5)9-16-13/h10-13,16H,6-9H2,1-5H3,(H,15,18). The molecule has 5 nitrogen and oxygen atoms in total. The summed E-state index contributed by atoms with van der Waals surface area (Å²) >= 11 is 0. The Kier molecular flexibility index (Phi) is 6.75. The molecule has 0 spiro atoms. The van der Waals surface area contributed by atoms with Gasteiger partial charge in [-0.25, -0.2) is 0 Å². The Balaban J connectivity index is 2.27. The lowest BCUT2D eigenvalue weighted by Crippen LogP contribution is -2.46. The van der Waals surface area contributed by atoms with E-state index < -0.39 is 0 Å². The third-order valence-corrected chi connectivity index (χ3v) is 3.74. The minimum atomic E-state index is -0.100. The Bertz CT molecular complexity index is 274. The summed E-state index contributed by atoms with van der Waals surface area (Å²) in [5.74, 6) is 0.0898. The van der Waals surface area contributed by atoms with Crippen molar-refractivity contribution in [3.63, 3.8) is 0 Å². The zero-order valence-corrected chi connectivity index (χ0v) is 12.9. The molecule has 1 aliphatic heterocycles. The van der Waals surface area contributed by atoms with Crippen LogP contribution in [0, 0.1) is 0 Å². The number of carbonyl (C=O) groups excluding carboxylic acids is 1. The van der Waals surface area contributed by atoms with E-state index in [1.165, 1.54) is 0 Å². The molecule has 5 heteroatoms. The molecule has 2 atom stereocenters. The Morgan fingerprint density at radius 2 is 2.00 bits per heavy atom. The maximum atomic E-state index is 12.0. The summed E-state index contributed by atoms with van der Waals surface area (Å²) in [4.78, 5) is 14.4. The van der Waals surface area contributed by atoms with E-state index in [1.807, 2.05) is 0 Å². The SMILES string of the molecule is COC1CNC(C(=O)NCCN(C(C)C)C(C)C)C1. The van der Waals surface area contributed by atoms with Gasteiger partial charge in [-0.1, -0.05) is 0 Å². The van der Waals surface area contributed by atoms with Crippen LogP contribution in [0.25, 0.3) is 0 Å². The highest BCUT2D eigenvalue weighted by atomic mass is 16.5. The number of hydrogen-bond acceptors (Lipinski definition) is 4. The Hall–Kier alpha value is -0.650. The van der Waals surface area contributed by atoms with E-state index in [0.717, 1.165) is 19.5 Å². The van der Waals surface area contributed by atoms with Crippen molar-refractivity contribution in [2.75, 3.05) is 26.7 Å². The Labute approximate surface area is 117 Å². The van der Waals surface area contributed by atoms with Crippen molar-refractivity contribution in [2.45, 2.75) is 58.3 Å². The van der Waals surface area contributed by atoms with Gasteiger partial charge in [0.15, 0.2) is 0 Å². The number of nitrogens with one attached hydrogen (secondary N) is 2. The molecular weight excluding hydrogens is 242 g/mol. The lowest BCUT2D eigenvalue weighted by atomic mass is 10.2. The van der Waals surface area contributed by atoms with Crippen LogP contribution in [0.5, 0.6) is 0 Å². The van der Waals surface area contributed by atoms with Gasteiger partial charge in [0.2, 0.25) is 5.91 Å². The number of methoxy groups -OCH3 is 1. The van der Waals surface area contributed by atoms with Crippen LogP contribution >= 0.6 is 0 Å². The first-order valence-electron chi connectivity index (χ1n) is 7.25. The molecule has 1 fully saturated rings. The number of carbonyl (C=O) groups is 1. The number of ether oxygens (including phenoxy) is 1. The van der Waals surface area contributed by atoms with Gasteiger partial charge >= 0.3 is 0 Å². The first kappa shape index (κ1) is 16.4. The Morgan fingerprint density at radius 1 is 1.37 bits per heavy atom. The summed E-state index contributed by atoms with van der Waals surface area (Å²) < 4.78 is 5.25. The summed E-state index contributed by atoms with van der Waals surface area (Å²) in [5, 5.41) is 6.20. The fourth-order valence-electron chi connectivity index (χ4n) is 2.63. The van der Waals surface area contributed by atoms with Gasteiger partial charge in [0.25, 0.3) is 0 Å². The molecule has 1 aliphatic rings. The topological polar surface area (TPSA) is 53.6 Å². The van der Waals surface area contributed by atoms with Crippen molar-refractivity contribution in [2.24, 2.45) is 0 Å². The molecule has 0 bridgehead atoms. The van der Waals surface area contributed by atoms with Crippen LogP contribution in [0.15, 0.2) is 0 Å². The second-order valence-corrected chi connectivity index (χ2v) is 5.77. The van der Waals surface area contributed by atoms with Crippen molar-refractivity contribution < 1.29 is 9.53 Å². The van der Waals surface area contributed by atoms with Gasteiger partial charge in [-0.3, -0.25) is 9.69 Å². The average molecular weight is 271 g/mol. The van der Waals surface area contributed by atoms with Gasteiger partial charge in [-0.15, -0.1) is 0 Å². The van der Waals surface area contributed by atoms with E-state index in [2.05, 4.69) is 43.2 Å². The normalized spacial score (nSPS) is 23.6. The summed E-state index contributed by atoms with van der Waals surface area (Å²) in [6.45, 7) is 11.1. The van der Waals surface area contributed by atoms with Crippen LogP contribution in [0.2, 0.25) is 0 Å². The van der Waals surface area contributed by atoms with Crippen molar-refractivity contribution in [1.29, 1.82) is 0 Å². The van der Waals surface area contributed by atoms with Crippen molar-refractivity contribution in [3.8, 4) is 0 Å². The van der Waals surface area contributed by atoms with Crippen LogP contribution in [0.3, 0.4) is 0 Å². The molecule has 1 heterocycles. The van der Waals surface area contributed by atoms with Crippen molar-refractivity contribution >= 4 is 5.91 Å². The zero-order valence-electron chi connectivity index (χ0n) is 12.9. The van der Waals surface area contributed by atoms with Gasteiger partial charge in [0.05, 0.1) is 12.1 Å². The minimum Gasteiger partial charge on any atom is -0.380 e. The third-order valence-electron chi connectivity index (χ3n) is 3.74.